The highest BCUT2D eigenvalue weighted by Crippen LogP contribution is 2.27. The first-order valence-electron chi connectivity index (χ1n) is 8.24. The van der Waals surface area contributed by atoms with Gasteiger partial charge in [-0.25, -0.2) is 4.98 Å². The van der Waals surface area contributed by atoms with Crippen molar-refractivity contribution in [3.63, 3.8) is 0 Å². The molecule has 2 N–H and O–H groups in total. The Labute approximate surface area is 142 Å². The number of carbonyl (C=O) groups excluding carboxylic acids is 1. The van der Waals surface area contributed by atoms with Crippen molar-refractivity contribution in [3.8, 4) is 0 Å². The topological polar surface area (TPSA) is 75.6 Å². The van der Waals surface area contributed by atoms with Crippen molar-refractivity contribution in [2.45, 2.75) is 32.0 Å². The molecular formula is C18H24N4O2. The molecule has 0 saturated carbocycles. The predicted octanol–water partition coefficient (Wildman–Crippen LogP) is 1.72. The van der Waals surface area contributed by atoms with Crippen LogP contribution < -0.4 is 5.73 Å². The highest BCUT2D eigenvalue weighted by atomic mass is 16.4. The van der Waals surface area contributed by atoms with Gasteiger partial charge in [-0.05, 0) is 26.0 Å². The molecule has 128 valence electrons. The van der Waals surface area contributed by atoms with Gasteiger partial charge >= 0.3 is 0 Å². The maximum absolute atomic E-state index is 12.0. The Balaban J connectivity index is 1.66. The van der Waals surface area contributed by atoms with E-state index in [-0.39, 0.29) is 11.9 Å². The van der Waals surface area contributed by atoms with Crippen LogP contribution in [-0.4, -0.2) is 46.9 Å². The average molecular weight is 328 g/mol. The first kappa shape index (κ1) is 16.7. The van der Waals surface area contributed by atoms with Gasteiger partial charge in [0.15, 0.2) is 0 Å². The third-order valence-electron chi connectivity index (χ3n) is 4.62. The fourth-order valence-electron chi connectivity index (χ4n) is 3.37. The van der Waals surface area contributed by atoms with Crippen molar-refractivity contribution < 1.29 is 9.21 Å². The van der Waals surface area contributed by atoms with Gasteiger partial charge in [0.25, 0.3) is 0 Å². The SMILES string of the molecule is Cc1cnc(CN(C)[C@@H]2CCN([C@H](C(N)=O)c3ccccc3)C2)o1. The third-order valence-corrected chi connectivity index (χ3v) is 4.62. The zero-order chi connectivity index (χ0) is 17.1. The summed E-state index contributed by atoms with van der Waals surface area (Å²) in [6.45, 7) is 4.21. The van der Waals surface area contributed by atoms with E-state index in [2.05, 4.69) is 21.8 Å². The minimum Gasteiger partial charge on any atom is -0.445 e. The molecule has 1 amide bonds. The van der Waals surface area contributed by atoms with Crippen LogP contribution in [0.25, 0.3) is 0 Å². The Morgan fingerprint density at radius 1 is 1.46 bits per heavy atom. The standard InChI is InChI=1S/C18H24N4O2/c1-13-10-20-16(24-13)12-21(2)15-8-9-22(11-15)17(18(19)23)14-6-4-3-5-7-14/h3-7,10,15,17H,8-9,11-12H2,1-2H3,(H2,19,23)/t15-,17+/m1/s1. The van der Waals surface area contributed by atoms with Gasteiger partial charge in [0.05, 0.1) is 12.7 Å². The third kappa shape index (κ3) is 3.66. The highest BCUT2D eigenvalue weighted by molar-refractivity contribution is 5.81. The second-order valence-electron chi connectivity index (χ2n) is 6.43. The summed E-state index contributed by atoms with van der Waals surface area (Å²) in [7, 11) is 2.06. The van der Waals surface area contributed by atoms with Gasteiger partial charge in [0.1, 0.15) is 11.8 Å². The molecule has 0 radical (unpaired) electrons. The number of hydrogen-bond donors (Lipinski definition) is 1. The van der Waals surface area contributed by atoms with Crippen molar-refractivity contribution in [1.82, 2.24) is 14.8 Å². The van der Waals surface area contributed by atoms with Crippen LogP contribution in [0.2, 0.25) is 0 Å². The number of benzene rings is 1. The first-order chi connectivity index (χ1) is 11.5. The zero-order valence-electron chi connectivity index (χ0n) is 14.2. The van der Waals surface area contributed by atoms with Gasteiger partial charge in [0.2, 0.25) is 11.8 Å². The Morgan fingerprint density at radius 2 is 2.21 bits per heavy atom. The summed E-state index contributed by atoms with van der Waals surface area (Å²) in [5, 5.41) is 0. The molecule has 1 aliphatic rings. The molecule has 0 unspecified atom stereocenters. The van der Waals surface area contributed by atoms with E-state index in [0.29, 0.717) is 12.6 Å². The van der Waals surface area contributed by atoms with Gasteiger partial charge in [-0.1, -0.05) is 30.3 Å². The molecule has 1 aliphatic heterocycles. The van der Waals surface area contributed by atoms with Crippen molar-refractivity contribution in [3.05, 3.63) is 53.7 Å². The van der Waals surface area contributed by atoms with Crippen LogP contribution in [-0.2, 0) is 11.3 Å². The lowest BCUT2D eigenvalue weighted by atomic mass is 10.1. The first-order valence-corrected chi connectivity index (χ1v) is 8.24. The van der Waals surface area contributed by atoms with Crippen molar-refractivity contribution >= 4 is 5.91 Å². The minimum atomic E-state index is -0.367. The molecule has 2 heterocycles. The van der Waals surface area contributed by atoms with Crippen LogP contribution in [0.5, 0.6) is 0 Å². The quantitative estimate of drug-likeness (QED) is 0.874. The number of carbonyl (C=O) groups is 1. The zero-order valence-corrected chi connectivity index (χ0v) is 14.2. The molecule has 6 nitrogen and oxygen atoms in total. The summed E-state index contributed by atoms with van der Waals surface area (Å²) < 4.78 is 5.56. The fraction of sp³-hybridized carbons (Fsp3) is 0.444. The van der Waals surface area contributed by atoms with Crippen molar-refractivity contribution in [2.75, 3.05) is 20.1 Å². The minimum absolute atomic E-state index is 0.298. The summed E-state index contributed by atoms with van der Waals surface area (Å²) in [6.07, 6.45) is 2.73. The molecular weight excluding hydrogens is 304 g/mol. The molecule has 24 heavy (non-hydrogen) atoms. The van der Waals surface area contributed by atoms with Crippen LogP contribution >= 0.6 is 0 Å². The predicted molar refractivity (Wildman–Crippen MR) is 91.1 cm³/mol. The number of oxazole rings is 1. The van der Waals surface area contributed by atoms with E-state index < -0.39 is 0 Å². The van der Waals surface area contributed by atoms with Gasteiger partial charge in [-0.2, -0.15) is 0 Å². The van der Waals surface area contributed by atoms with E-state index in [9.17, 15) is 4.79 Å². The normalized spacial score (nSPS) is 19.7. The van der Waals surface area contributed by atoms with E-state index in [4.69, 9.17) is 10.2 Å². The highest BCUT2D eigenvalue weighted by Gasteiger charge is 2.34. The molecule has 0 aliphatic carbocycles. The molecule has 1 aromatic heterocycles. The maximum Gasteiger partial charge on any atom is 0.239 e. The Hall–Kier alpha value is -2.18. The van der Waals surface area contributed by atoms with Crippen LogP contribution in [0.4, 0.5) is 0 Å². The van der Waals surface area contributed by atoms with Crippen LogP contribution in [0.3, 0.4) is 0 Å². The van der Waals surface area contributed by atoms with E-state index >= 15 is 0 Å². The molecule has 0 bridgehead atoms. The molecule has 1 saturated heterocycles. The van der Waals surface area contributed by atoms with E-state index in [0.717, 1.165) is 36.7 Å². The lowest BCUT2D eigenvalue weighted by Crippen LogP contribution is -2.39. The van der Waals surface area contributed by atoms with Crippen LogP contribution in [0.1, 0.15) is 29.7 Å². The lowest BCUT2D eigenvalue weighted by molar-refractivity contribution is -0.123. The Kier molecular flexibility index (Phi) is 4.97. The Morgan fingerprint density at radius 3 is 2.83 bits per heavy atom. The number of nitrogens with zero attached hydrogens (tertiary/aromatic N) is 3. The molecule has 3 rings (SSSR count). The van der Waals surface area contributed by atoms with E-state index in [1.807, 2.05) is 37.3 Å². The second-order valence-corrected chi connectivity index (χ2v) is 6.43. The van der Waals surface area contributed by atoms with Gasteiger partial charge in [0, 0.05) is 19.1 Å². The number of hydrogen-bond acceptors (Lipinski definition) is 5. The van der Waals surface area contributed by atoms with E-state index in [1.54, 1.807) is 6.20 Å². The fourth-order valence-corrected chi connectivity index (χ4v) is 3.37. The summed E-state index contributed by atoms with van der Waals surface area (Å²) in [5.41, 5.74) is 6.63. The molecule has 0 spiro atoms. The average Bonchev–Trinajstić information content (AvgIpc) is 3.18. The summed E-state index contributed by atoms with van der Waals surface area (Å²) in [5.74, 6) is 1.25. The molecule has 2 atom stereocenters. The van der Waals surface area contributed by atoms with Crippen molar-refractivity contribution in [2.24, 2.45) is 5.73 Å². The number of aryl methyl sites for hydroxylation is 1. The number of nitrogens with two attached hydrogens (primary N) is 1. The number of aromatic nitrogens is 1. The number of amides is 1. The summed E-state index contributed by atoms with van der Waals surface area (Å²) >= 11 is 0. The number of likely N-dealkylation sites (tertiary alicyclic amines) is 1. The molecule has 2 aromatic rings. The van der Waals surface area contributed by atoms with Crippen LogP contribution in [0, 0.1) is 6.92 Å². The van der Waals surface area contributed by atoms with Gasteiger partial charge in [-0.3, -0.25) is 14.6 Å². The molecule has 6 heteroatoms. The smallest absolute Gasteiger partial charge is 0.239 e. The summed E-state index contributed by atoms with van der Waals surface area (Å²) in [4.78, 5) is 20.7. The van der Waals surface area contributed by atoms with Gasteiger partial charge < -0.3 is 10.2 Å². The second kappa shape index (κ2) is 7.15. The maximum atomic E-state index is 12.0. The summed E-state index contributed by atoms with van der Waals surface area (Å²) in [6, 6.07) is 9.73. The number of rotatable bonds is 6. The number of likely N-dealkylation sites (N-methyl/N-ethyl adjacent to an activating group) is 1. The van der Waals surface area contributed by atoms with Gasteiger partial charge in [-0.15, -0.1) is 0 Å². The number of primary amides is 1. The largest absolute Gasteiger partial charge is 0.445 e. The molecule has 1 aromatic carbocycles. The monoisotopic (exact) mass is 328 g/mol. The van der Waals surface area contributed by atoms with E-state index in [1.165, 1.54) is 0 Å². The van der Waals surface area contributed by atoms with Crippen molar-refractivity contribution in [1.29, 1.82) is 0 Å². The molecule has 1 fully saturated rings. The lowest BCUT2D eigenvalue weighted by Gasteiger charge is -2.27. The Bertz CT molecular complexity index is 685. The van der Waals surface area contributed by atoms with Crippen LogP contribution in [0.15, 0.2) is 40.9 Å².